The topological polar surface area (TPSA) is 65.7 Å². The van der Waals surface area contributed by atoms with Gasteiger partial charge in [0.25, 0.3) is 0 Å². The zero-order valence-electron chi connectivity index (χ0n) is 10.6. The van der Waals surface area contributed by atoms with Gasteiger partial charge < -0.3 is 9.47 Å². The lowest BCUT2D eigenvalue weighted by Crippen LogP contribution is -2.09. The summed E-state index contributed by atoms with van der Waals surface area (Å²) in [5.41, 5.74) is -1.41. The predicted molar refractivity (Wildman–Crippen MR) is 60.5 cm³/mol. The largest absolute Gasteiger partial charge is 0.492 e. The van der Waals surface area contributed by atoms with Crippen molar-refractivity contribution >= 4 is 11.6 Å². The Morgan fingerprint density at radius 3 is 2.70 bits per heavy atom. The lowest BCUT2D eigenvalue weighted by Gasteiger charge is -2.07. The molecule has 6 nitrogen and oxygen atoms in total. The highest BCUT2D eigenvalue weighted by molar-refractivity contribution is 5.94. The molecule has 0 bridgehead atoms. The predicted octanol–water partition coefficient (Wildman–Crippen LogP) is 1.93. The normalized spacial score (nSPS) is 11.7. The van der Waals surface area contributed by atoms with Crippen LogP contribution in [-0.2, 0) is 10.9 Å². The van der Waals surface area contributed by atoms with E-state index in [1.807, 2.05) is 0 Å². The smallest absolute Gasteiger partial charge is 0.434 e. The summed E-state index contributed by atoms with van der Waals surface area (Å²) in [6.07, 6.45) is -2.82. The molecule has 2 aromatic heterocycles. The number of imidazole rings is 1. The Bertz CT molecular complexity index is 651. The molecule has 0 aliphatic carbocycles. The maximum Gasteiger partial charge on any atom is 0.434 e. The number of carbonyl (C=O) groups is 1. The molecule has 108 valence electrons. The summed E-state index contributed by atoms with van der Waals surface area (Å²) in [4.78, 5) is 15.1. The van der Waals surface area contributed by atoms with Gasteiger partial charge in [-0.25, -0.2) is 14.3 Å². The van der Waals surface area contributed by atoms with Crippen molar-refractivity contribution in [2.24, 2.45) is 0 Å². The first-order valence-corrected chi connectivity index (χ1v) is 5.55. The van der Waals surface area contributed by atoms with Crippen molar-refractivity contribution in [3.8, 4) is 5.75 Å². The maximum atomic E-state index is 12.6. The molecular formula is C11H10F3N3O3. The third-order valence-electron chi connectivity index (χ3n) is 2.44. The second-order valence-corrected chi connectivity index (χ2v) is 3.70. The van der Waals surface area contributed by atoms with Crippen molar-refractivity contribution in [1.82, 2.24) is 14.6 Å². The number of carbonyl (C=O) groups excluding carboxylic acids is 1. The van der Waals surface area contributed by atoms with Crippen LogP contribution in [0.15, 0.2) is 12.4 Å². The van der Waals surface area contributed by atoms with Crippen LogP contribution in [0.3, 0.4) is 0 Å². The molecule has 0 aromatic carbocycles. The molecule has 0 fully saturated rings. The molecule has 0 aliphatic heterocycles. The molecule has 0 amide bonds. The molecule has 0 aliphatic rings. The molecule has 0 saturated heterocycles. The summed E-state index contributed by atoms with van der Waals surface area (Å²) in [5, 5.41) is 3.70. The first-order valence-electron chi connectivity index (χ1n) is 5.55. The number of methoxy groups -OCH3 is 1. The van der Waals surface area contributed by atoms with Gasteiger partial charge in [0.05, 0.1) is 26.1 Å². The molecule has 0 N–H and O–H groups in total. The fourth-order valence-corrected chi connectivity index (χ4v) is 1.61. The average Bonchev–Trinajstić information content (AvgIpc) is 2.81. The number of rotatable bonds is 3. The summed E-state index contributed by atoms with van der Waals surface area (Å²) in [6.45, 7) is 1.73. The van der Waals surface area contributed by atoms with Gasteiger partial charge in [-0.1, -0.05) is 0 Å². The van der Waals surface area contributed by atoms with Crippen LogP contribution in [0.4, 0.5) is 13.2 Å². The number of fused-ring (bicyclic) bond motifs is 1. The molecule has 0 atom stereocenters. The highest BCUT2D eigenvalue weighted by atomic mass is 19.4. The summed E-state index contributed by atoms with van der Waals surface area (Å²) < 4.78 is 48.4. The van der Waals surface area contributed by atoms with Gasteiger partial charge in [-0.05, 0) is 6.92 Å². The van der Waals surface area contributed by atoms with Crippen LogP contribution < -0.4 is 4.74 Å². The van der Waals surface area contributed by atoms with E-state index < -0.39 is 17.8 Å². The minimum absolute atomic E-state index is 0.0822. The lowest BCUT2D eigenvalue weighted by molar-refractivity contribution is -0.140. The third kappa shape index (κ3) is 2.38. The van der Waals surface area contributed by atoms with Gasteiger partial charge in [0.15, 0.2) is 17.1 Å². The highest BCUT2D eigenvalue weighted by Crippen LogP contribution is 2.31. The Kier molecular flexibility index (Phi) is 3.51. The van der Waals surface area contributed by atoms with Gasteiger partial charge in [-0.3, -0.25) is 0 Å². The lowest BCUT2D eigenvalue weighted by atomic mass is 10.3. The van der Waals surface area contributed by atoms with Crippen LogP contribution in [0.25, 0.3) is 5.65 Å². The fraction of sp³-hybridized carbons (Fsp3) is 0.364. The van der Waals surface area contributed by atoms with Crippen LogP contribution >= 0.6 is 0 Å². The van der Waals surface area contributed by atoms with Gasteiger partial charge in [0, 0.05) is 0 Å². The van der Waals surface area contributed by atoms with Crippen molar-refractivity contribution in [3.63, 3.8) is 0 Å². The molecule has 0 unspecified atom stereocenters. The minimum Gasteiger partial charge on any atom is -0.492 e. The van der Waals surface area contributed by atoms with Gasteiger partial charge in [-0.2, -0.15) is 18.3 Å². The maximum absolute atomic E-state index is 12.6. The van der Waals surface area contributed by atoms with Gasteiger partial charge >= 0.3 is 12.1 Å². The van der Waals surface area contributed by atoms with Crippen molar-refractivity contribution in [2.75, 3.05) is 13.7 Å². The molecule has 0 saturated carbocycles. The van der Waals surface area contributed by atoms with Crippen LogP contribution in [0.1, 0.15) is 23.0 Å². The standard InChI is InChI=1S/C11H10F3N3O3/c1-3-20-10(18)6-4-15-17-5-7(11(12,13)14)16-9(17)8(6)19-2/h4-5H,3H2,1-2H3. The van der Waals surface area contributed by atoms with Crippen LogP contribution in [-0.4, -0.2) is 34.3 Å². The van der Waals surface area contributed by atoms with E-state index in [4.69, 9.17) is 9.47 Å². The van der Waals surface area contributed by atoms with E-state index in [1.165, 1.54) is 7.11 Å². The summed E-state index contributed by atoms with van der Waals surface area (Å²) in [6, 6.07) is 0. The van der Waals surface area contributed by atoms with Gasteiger partial charge in [-0.15, -0.1) is 0 Å². The minimum atomic E-state index is -4.61. The Morgan fingerprint density at radius 2 is 2.15 bits per heavy atom. The molecule has 0 spiro atoms. The second-order valence-electron chi connectivity index (χ2n) is 3.70. The summed E-state index contributed by atoms with van der Waals surface area (Å²) in [5.74, 6) is -0.857. The van der Waals surface area contributed by atoms with E-state index >= 15 is 0 Å². The third-order valence-corrected chi connectivity index (χ3v) is 2.44. The summed E-state index contributed by atoms with van der Waals surface area (Å²) >= 11 is 0. The number of nitrogens with zero attached hydrogens (tertiary/aromatic N) is 3. The molecule has 2 aromatic rings. The van der Waals surface area contributed by atoms with E-state index in [2.05, 4.69) is 10.1 Å². The molecule has 20 heavy (non-hydrogen) atoms. The number of hydrogen-bond donors (Lipinski definition) is 0. The number of halogens is 3. The van der Waals surface area contributed by atoms with Crippen LogP contribution in [0, 0.1) is 0 Å². The highest BCUT2D eigenvalue weighted by Gasteiger charge is 2.35. The van der Waals surface area contributed by atoms with Crippen molar-refractivity contribution in [3.05, 3.63) is 23.7 Å². The van der Waals surface area contributed by atoms with E-state index in [1.54, 1.807) is 6.92 Å². The SMILES string of the molecule is CCOC(=O)c1cnn2cc(C(F)(F)F)nc2c1OC. The Balaban J connectivity index is 2.61. The van der Waals surface area contributed by atoms with Crippen molar-refractivity contribution in [1.29, 1.82) is 0 Å². The Hall–Kier alpha value is -2.32. The molecule has 2 rings (SSSR count). The quantitative estimate of drug-likeness (QED) is 0.808. The molecule has 2 heterocycles. The zero-order valence-corrected chi connectivity index (χ0v) is 10.6. The Morgan fingerprint density at radius 1 is 1.45 bits per heavy atom. The number of ether oxygens (including phenoxy) is 2. The van der Waals surface area contributed by atoms with E-state index in [9.17, 15) is 18.0 Å². The zero-order chi connectivity index (χ0) is 14.9. The first-order chi connectivity index (χ1) is 9.38. The molecule has 9 heteroatoms. The van der Waals surface area contributed by atoms with Gasteiger partial charge in [0.1, 0.15) is 5.56 Å². The molecule has 0 radical (unpaired) electrons. The van der Waals surface area contributed by atoms with Crippen LogP contribution in [0.2, 0.25) is 0 Å². The number of alkyl halides is 3. The first kappa shape index (κ1) is 14.1. The van der Waals surface area contributed by atoms with Crippen molar-refractivity contribution < 1.29 is 27.4 Å². The van der Waals surface area contributed by atoms with E-state index in [0.717, 1.165) is 10.7 Å². The fourth-order valence-electron chi connectivity index (χ4n) is 1.61. The molecular weight excluding hydrogens is 279 g/mol. The number of aromatic nitrogens is 3. The van der Waals surface area contributed by atoms with E-state index in [0.29, 0.717) is 6.20 Å². The monoisotopic (exact) mass is 289 g/mol. The van der Waals surface area contributed by atoms with Gasteiger partial charge in [0.2, 0.25) is 0 Å². The second kappa shape index (κ2) is 4.99. The van der Waals surface area contributed by atoms with Crippen molar-refractivity contribution in [2.45, 2.75) is 13.1 Å². The average molecular weight is 289 g/mol. The summed E-state index contributed by atoms with van der Waals surface area (Å²) in [7, 11) is 1.22. The van der Waals surface area contributed by atoms with E-state index in [-0.39, 0.29) is 23.6 Å². The number of hydrogen-bond acceptors (Lipinski definition) is 5. The Labute approximate surface area is 111 Å². The number of esters is 1. The van der Waals surface area contributed by atoms with Crippen LogP contribution in [0.5, 0.6) is 5.75 Å².